The van der Waals surface area contributed by atoms with Gasteiger partial charge in [0.15, 0.2) is 6.10 Å². The molecule has 0 N–H and O–H groups in total. The molecule has 0 spiro atoms. The molecule has 0 fully saturated rings. The van der Waals surface area contributed by atoms with Crippen molar-refractivity contribution in [2.75, 3.05) is 13.2 Å². The number of esters is 3. The van der Waals surface area contributed by atoms with Crippen molar-refractivity contribution < 1.29 is 28.6 Å². The molecule has 0 heterocycles. The summed E-state index contributed by atoms with van der Waals surface area (Å²) in [5.74, 6) is -0.869. The molecule has 0 aliphatic carbocycles. The lowest BCUT2D eigenvalue weighted by Gasteiger charge is -2.18. The van der Waals surface area contributed by atoms with Crippen LogP contribution in [-0.2, 0) is 28.6 Å². The molecule has 0 rings (SSSR count). The Morgan fingerprint density at radius 3 is 0.919 bits per heavy atom. The van der Waals surface area contributed by atoms with Crippen molar-refractivity contribution in [3.05, 3.63) is 24.3 Å². The third kappa shape index (κ3) is 48.9. The van der Waals surface area contributed by atoms with Crippen molar-refractivity contribution in [1.29, 1.82) is 0 Å². The molecule has 0 saturated heterocycles. The van der Waals surface area contributed by atoms with Crippen LogP contribution in [0.15, 0.2) is 24.3 Å². The molecule has 0 saturated carbocycles. The number of unbranched alkanes of at least 4 members (excludes halogenated alkanes) is 35. The maximum absolute atomic E-state index is 12.8. The van der Waals surface area contributed by atoms with Crippen LogP contribution in [0.3, 0.4) is 0 Å². The SMILES string of the molecule is CCCCC/C=C\C/C=C\CCCCCCCCCC(=O)OC(COC(=O)CCCCCCCCC)COC(=O)CCCCCCCCCCCCCCCCCCCCCC. The average Bonchev–Trinajstić information content (AvgIpc) is 3.27. The number of hydrogen-bond donors (Lipinski definition) is 0. The lowest BCUT2D eigenvalue weighted by molar-refractivity contribution is -0.167. The highest BCUT2D eigenvalue weighted by molar-refractivity contribution is 5.71. The fourth-order valence-electron chi connectivity index (χ4n) is 8.06. The number of allylic oxidation sites excluding steroid dienone is 4. The first-order valence-electron chi connectivity index (χ1n) is 27.3. The number of rotatable bonds is 50. The van der Waals surface area contributed by atoms with Gasteiger partial charge in [-0.2, -0.15) is 0 Å². The van der Waals surface area contributed by atoms with E-state index in [9.17, 15) is 14.4 Å². The van der Waals surface area contributed by atoms with Crippen LogP contribution in [0.5, 0.6) is 0 Å². The van der Waals surface area contributed by atoms with Gasteiger partial charge < -0.3 is 14.2 Å². The molecule has 0 radical (unpaired) electrons. The van der Waals surface area contributed by atoms with Crippen LogP contribution in [0.25, 0.3) is 0 Å². The molecule has 0 amide bonds. The molecule has 1 atom stereocenters. The Hall–Kier alpha value is -2.11. The maximum Gasteiger partial charge on any atom is 0.306 e. The van der Waals surface area contributed by atoms with E-state index in [0.717, 1.165) is 70.6 Å². The molecule has 62 heavy (non-hydrogen) atoms. The second kappa shape index (κ2) is 51.5. The zero-order valence-electron chi connectivity index (χ0n) is 41.7. The standard InChI is InChI=1S/C56H104O6/c1-4-7-10-13-16-18-20-22-24-26-27-28-30-31-33-35-37-40-43-46-49-55(58)61-52-53(51-60-54(57)48-45-42-39-15-12-9-6-3)62-56(59)50-47-44-41-38-36-34-32-29-25-23-21-19-17-14-11-8-5-2/h17,19,23,25,53H,4-16,18,20-22,24,26-52H2,1-3H3/b19-17-,25-23-. The van der Waals surface area contributed by atoms with Crippen LogP contribution in [0, 0.1) is 0 Å². The molecule has 0 aromatic carbocycles. The van der Waals surface area contributed by atoms with E-state index < -0.39 is 6.10 Å². The van der Waals surface area contributed by atoms with Crippen molar-refractivity contribution in [3.8, 4) is 0 Å². The molecule has 0 aromatic rings. The smallest absolute Gasteiger partial charge is 0.306 e. The Labute approximate surface area is 385 Å². The lowest BCUT2D eigenvalue weighted by Crippen LogP contribution is -2.30. The van der Waals surface area contributed by atoms with Crippen molar-refractivity contribution >= 4 is 17.9 Å². The summed E-state index contributed by atoms with van der Waals surface area (Å²) in [6.45, 7) is 6.60. The minimum Gasteiger partial charge on any atom is -0.462 e. The van der Waals surface area contributed by atoms with Crippen LogP contribution < -0.4 is 0 Å². The topological polar surface area (TPSA) is 78.9 Å². The van der Waals surface area contributed by atoms with Crippen molar-refractivity contribution in [1.82, 2.24) is 0 Å². The van der Waals surface area contributed by atoms with Gasteiger partial charge in [0.1, 0.15) is 13.2 Å². The molecule has 6 heteroatoms. The van der Waals surface area contributed by atoms with Crippen LogP contribution in [0.2, 0.25) is 0 Å². The molecule has 1 unspecified atom stereocenters. The van der Waals surface area contributed by atoms with Crippen LogP contribution >= 0.6 is 0 Å². The Morgan fingerprint density at radius 1 is 0.323 bits per heavy atom. The molecule has 0 bridgehead atoms. The maximum atomic E-state index is 12.8. The Bertz CT molecular complexity index is 1000. The van der Waals surface area contributed by atoms with Crippen molar-refractivity contribution in [3.63, 3.8) is 0 Å². The molecular weight excluding hydrogens is 769 g/mol. The second-order valence-corrected chi connectivity index (χ2v) is 18.5. The molecule has 0 aromatic heterocycles. The summed E-state index contributed by atoms with van der Waals surface area (Å²) >= 11 is 0. The minimum absolute atomic E-state index is 0.0700. The molecule has 364 valence electrons. The van der Waals surface area contributed by atoms with E-state index in [1.807, 2.05) is 0 Å². The minimum atomic E-state index is -0.768. The largest absolute Gasteiger partial charge is 0.462 e. The van der Waals surface area contributed by atoms with Gasteiger partial charge in [-0.25, -0.2) is 0 Å². The first kappa shape index (κ1) is 59.9. The number of carbonyl (C=O) groups excluding carboxylic acids is 3. The van der Waals surface area contributed by atoms with Crippen LogP contribution in [0.1, 0.15) is 297 Å². The third-order valence-electron chi connectivity index (χ3n) is 12.2. The van der Waals surface area contributed by atoms with Crippen LogP contribution in [0.4, 0.5) is 0 Å². The summed E-state index contributed by atoms with van der Waals surface area (Å²) in [4.78, 5) is 37.9. The van der Waals surface area contributed by atoms with Gasteiger partial charge in [0.25, 0.3) is 0 Å². The predicted molar refractivity (Wildman–Crippen MR) is 266 cm³/mol. The lowest BCUT2D eigenvalue weighted by atomic mass is 10.0. The number of carbonyl (C=O) groups is 3. The molecule has 0 aliphatic rings. The number of hydrogen-bond acceptors (Lipinski definition) is 6. The summed E-state index contributed by atoms with van der Waals surface area (Å²) in [6, 6.07) is 0. The fourth-order valence-corrected chi connectivity index (χ4v) is 8.06. The van der Waals surface area contributed by atoms with Gasteiger partial charge in [-0.3, -0.25) is 14.4 Å². The van der Waals surface area contributed by atoms with Gasteiger partial charge in [-0.1, -0.05) is 251 Å². The van der Waals surface area contributed by atoms with Gasteiger partial charge in [0.2, 0.25) is 0 Å². The average molecular weight is 873 g/mol. The number of ether oxygens (including phenoxy) is 3. The normalized spacial score (nSPS) is 12.1. The molecular formula is C56H104O6. The summed E-state index contributed by atoms with van der Waals surface area (Å²) in [5.41, 5.74) is 0. The van der Waals surface area contributed by atoms with E-state index in [4.69, 9.17) is 14.2 Å². The van der Waals surface area contributed by atoms with E-state index in [2.05, 4.69) is 45.1 Å². The summed E-state index contributed by atoms with van der Waals surface area (Å²) < 4.78 is 16.8. The van der Waals surface area contributed by atoms with Gasteiger partial charge in [-0.15, -0.1) is 0 Å². The summed E-state index contributed by atoms with van der Waals surface area (Å²) in [7, 11) is 0. The molecule has 0 aliphatic heterocycles. The zero-order valence-corrected chi connectivity index (χ0v) is 41.7. The highest BCUT2D eigenvalue weighted by atomic mass is 16.6. The Morgan fingerprint density at radius 2 is 0.581 bits per heavy atom. The highest BCUT2D eigenvalue weighted by Crippen LogP contribution is 2.17. The van der Waals surface area contributed by atoms with Gasteiger partial charge in [0, 0.05) is 19.3 Å². The summed E-state index contributed by atoms with van der Waals surface area (Å²) in [6.07, 6.45) is 59.0. The third-order valence-corrected chi connectivity index (χ3v) is 12.2. The first-order valence-corrected chi connectivity index (χ1v) is 27.3. The molecule has 6 nitrogen and oxygen atoms in total. The second-order valence-electron chi connectivity index (χ2n) is 18.5. The fraction of sp³-hybridized carbons (Fsp3) is 0.875. The quantitative estimate of drug-likeness (QED) is 0.0262. The van der Waals surface area contributed by atoms with Crippen molar-refractivity contribution in [2.45, 2.75) is 303 Å². The van der Waals surface area contributed by atoms with Gasteiger partial charge in [-0.05, 0) is 51.4 Å². The highest BCUT2D eigenvalue weighted by Gasteiger charge is 2.19. The van der Waals surface area contributed by atoms with Crippen molar-refractivity contribution in [2.24, 2.45) is 0 Å². The Kier molecular flexibility index (Phi) is 49.8. The van der Waals surface area contributed by atoms with Crippen LogP contribution in [-0.4, -0.2) is 37.2 Å². The van der Waals surface area contributed by atoms with E-state index in [1.54, 1.807) is 0 Å². The zero-order chi connectivity index (χ0) is 45.1. The van der Waals surface area contributed by atoms with Gasteiger partial charge in [0.05, 0.1) is 0 Å². The van der Waals surface area contributed by atoms with E-state index in [1.165, 1.54) is 186 Å². The summed E-state index contributed by atoms with van der Waals surface area (Å²) in [5, 5.41) is 0. The van der Waals surface area contributed by atoms with E-state index >= 15 is 0 Å². The van der Waals surface area contributed by atoms with E-state index in [0.29, 0.717) is 19.3 Å². The van der Waals surface area contributed by atoms with E-state index in [-0.39, 0.29) is 31.1 Å². The Balaban J connectivity index is 4.18. The first-order chi connectivity index (χ1) is 30.5. The van der Waals surface area contributed by atoms with Gasteiger partial charge >= 0.3 is 17.9 Å². The monoisotopic (exact) mass is 873 g/mol. The predicted octanol–water partition coefficient (Wildman–Crippen LogP) is 17.9.